The number of hydrogen-bond donors (Lipinski definition) is 0. The molecule has 1 aromatic carbocycles. The van der Waals surface area contributed by atoms with Crippen LogP contribution in [-0.2, 0) is 0 Å². The fourth-order valence-electron chi connectivity index (χ4n) is 1.30. The number of aryl methyl sites for hydroxylation is 1. The Morgan fingerprint density at radius 1 is 1.14 bits per heavy atom. The van der Waals surface area contributed by atoms with Gasteiger partial charge in [-0.1, -0.05) is 45.4 Å². The standard InChI is InChI=1S/C11H16O.C2H6/c1-8(2)10-7-9(3)5-6-11(10)12-4;1-2/h5-8H,1-4H3;1-2H3. The highest BCUT2D eigenvalue weighted by atomic mass is 16.5. The van der Waals surface area contributed by atoms with E-state index in [0.29, 0.717) is 5.92 Å². The van der Waals surface area contributed by atoms with Crippen LogP contribution in [0.5, 0.6) is 5.75 Å². The van der Waals surface area contributed by atoms with Crippen LogP contribution in [0.4, 0.5) is 0 Å². The van der Waals surface area contributed by atoms with Gasteiger partial charge in [0.2, 0.25) is 0 Å². The van der Waals surface area contributed by atoms with E-state index in [2.05, 4.69) is 32.9 Å². The van der Waals surface area contributed by atoms with Gasteiger partial charge in [-0.3, -0.25) is 0 Å². The lowest BCUT2D eigenvalue weighted by molar-refractivity contribution is 0.407. The molecule has 1 nitrogen and oxygen atoms in total. The lowest BCUT2D eigenvalue weighted by Gasteiger charge is -2.11. The van der Waals surface area contributed by atoms with Crippen LogP contribution in [0.1, 0.15) is 44.7 Å². The van der Waals surface area contributed by atoms with Gasteiger partial charge < -0.3 is 4.74 Å². The van der Waals surface area contributed by atoms with Crippen LogP contribution < -0.4 is 4.74 Å². The third-order valence-electron chi connectivity index (χ3n) is 2.01. The topological polar surface area (TPSA) is 9.23 Å². The van der Waals surface area contributed by atoms with Crippen molar-refractivity contribution < 1.29 is 4.74 Å². The molecule has 14 heavy (non-hydrogen) atoms. The first kappa shape index (κ1) is 13.0. The minimum Gasteiger partial charge on any atom is -0.496 e. The van der Waals surface area contributed by atoms with Crippen LogP contribution in [0, 0.1) is 6.92 Å². The van der Waals surface area contributed by atoms with Gasteiger partial charge in [0.15, 0.2) is 0 Å². The average molecular weight is 194 g/mol. The van der Waals surface area contributed by atoms with Crippen molar-refractivity contribution in [3.63, 3.8) is 0 Å². The highest BCUT2D eigenvalue weighted by Gasteiger charge is 2.05. The first-order chi connectivity index (χ1) is 6.65. The fourth-order valence-corrected chi connectivity index (χ4v) is 1.30. The molecule has 0 aliphatic heterocycles. The number of ether oxygens (including phenoxy) is 1. The lowest BCUT2D eigenvalue weighted by Crippen LogP contribution is -1.94. The van der Waals surface area contributed by atoms with Crippen molar-refractivity contribution in [2.45, 2.75) is 40.5 Å². The summed E-state index contributed by atoms with van der Waals surface area (Å²) < 4.78 is 5.26. The maximum absolute atomic E-state index is 5.26. The molecule has 0 N–H and O–H groups in total. The Labute approximate surface area is 88.1 Å². The molecule has 0 spiro atoms. The summed E-state index contributed by atoms with van der Waals surface area (Å²) in [6.45, 7) is 10.5. The summed E-state index contributed by atoms with van der Waals surface area (Å²) in [5.41, 5.74) is 2.58. The molecule has 0 atom stereocenters. The predicted molar refractivity (Wildman–Crippen MR) is 63.2 cm³/mol. The Bertz CT molecular complexity index is 264. The van der Waals surface area contributed by atoms with Crippen molar-refractivity contribution >= 4 is 0 Å². The molecule has 0 fully saturated rings. The first-order valence-electron chi connectivity index (χ1n) is 5.29. The largest absolute Gasteiger partial charge is 0.496 e. The minimum absolute atomic E-state index is 0.528. The van der Waals surface area contributed by atoms with Crippen molar-refractivity contribution in [2.75, 3.05) is 7.11 Å². The monoisotopic (exact) mass is 194 g/mol. The SMILES string of the molecule is CC.COc1ccc(C)cc1C(C)C. The van der Waals surface area contributed by atoms with Gasteiger partial charge in [-0.25, -0.2) is 0 Å². The van der Waals surface area contributed by atoms with Gasteiger partial charge in [0.25, 0.3) is 0 Å². The van der Waals surface area contributed by atoms with E-state index in [4.69, 9.17) is 4.74 Å². The molecule has 80 valence electrons. The van der Waals surface area contributed by atoms with Crippen LogP contribution >= 0.6 is 0 Å². The second-order valence-electron chi connectivity index (χ2n) is 3.40. The summed E-state index contributed by atoms with van der Waals surface area (Å²) in [5.74, 6) is 1.52. The molecule has 0 unspecified atom stereocenters. The van der Waals surface area contributed by atoms with Crippen LogP contribution in [0.2, 0.25) is 0 Å². The Kier molecular flexibility index (Phi) is 6.02. The summed E-state index contributed by atoms with van der Waals surface area (Å²) in [4.78, 5) is 0. The minimum atomic E-state index is 0.528. The van der Waals surface area contributed by atoms with Crippen molar-refractivity contribution in [1.82, 2.24) is 0 Å². The van der Waals surface area contributed by atoms with Gasteiger partial charge in [-0.15, -0.1) is 0 Å². The van der Waals surface area contributed by atoms with E-state index >= 15 is 0 Å². The predicted octanol–water partition coefficient (Wildman–Crippen LogP) is 4.15. The fraction of sp³-hybridized carbons (Fsp3) is 0.538. The molecular weight excluding hydrogens is 172 g/mol. The quantitative estimate of drug-likeness (QED) is 0.687. The number of rotatable bonds is 2. The van der Waals surface area contributed by atoms with Gasteiger partial charge in [-0.2, -0.15) is 0 Å². The summed E-state index contributed by atoms with van der Waals surface area (Å²) in [6, 6.07) is 6.29. The molecule has 0 bridgehead atoms. The maximum Gasteiger partial charge on any atom is 0.122 e. The van der Waals surface area contributed by atoms with Crippen molar-refractivity contribution in [2.24, 2.45) is 0 Å². The van der Waals surface area contributed by atoms with E-state index in [1.165, 1.54) is 11.1 Å². The Morgan fingerprint density at radius 2 is 1.71 bits per heavy atom. The molecule has 0 radical (unpaired) electrons. The first-order valence-corrected chi connectivity index (χ1v) is 5.29. The summed E-state index contributed by atoms with van der Waals surface area (Å²) >= 11 is 0. The van der Waals surface area contributed by atoms with Crippen molar-refractivity contribution in [3.05, 3.63) is 29.3 Å². The van der Waals surface area contributed by atoms with Gasteiger partial charge >= 0.3 is 0 Å². The molecule has 0 heterocycles. The second-order valence-corrected chi connectivity index (χ2v) is 3.40. The Balaban J connectivity index is 0.000000791. The van der Waals surface area contributed by atoms with Crippen LogP contribution in [-0.4, -0.2) is 7.11 Å². The molecule has 0 saturated heterocycles. The van der Waals surface area contributed by atoms with Crippen LogP contribution in [0.25, 0.3) is 0 Å². The smallest absolute Gasteiger partial charge is 0.122 e. The van der Waals surface area contributed by atoms with E-state index < -0.39 is 0 Å². The summed E-state index contributed by atoms with van der Waals surface area (Å²) in [6.07, 6.45) is 0. The lowest BCUT2D eigenvalue weighted by atomic mass is 10.0. The van der Waals surface area contributed by atoms with E-state index in [0.717, 1.165) is 5.75 Å². The Hall–Kier alpha value is -0.980. The average Bonchev–Trinajstić information content (AvgIpc) is 2.20. The third kappa shape index (κ3) is 3.41. The zero-order valence-corrected chi connectivity index (χ0v) is 10.2. The molecule has 0 aliphatic rings. The molecule has 0 aliphatic carbocycles. The summed E-state index contributed by atoms with van der Waals surface area (Å²) in [5, 5.41) is 0. The van der Waals surface area contributed by atoms with E-state index in [-0.39, 0.29) is 0 Å². The third-order valence-corrected chi connectivity index (χ3v) is 2.01. The van der Waals surface area contributed by atoms with Gasteiger partial charge in [0.05, 0.1) is 7.11 Å². The van der Waals surface area contributed by atoms with Crippen molar-refractivity contribution in [1.29, 1.82) is 0 Å². The zero-order valence-electron chi connectivity index (χ0n) is 10.2. The molecule has 1 rings (SSSR count). The van der Waals surface area contributed by atoms with Gasteiger partial charge in [0.1, 0.15) is 5.75 Å². The molecule has 1 aromatic rings. The van der Waals surface area contributed by atoms with E-state index in [1.54, 1.807) is 7.11 Å². The van der Waals surface area contributed by atoms with Crippen molar-refractivity contribution in [3.8, 4) is 5.75 Å². The number of benzene rings is 1. The molecule has 0 amide bonds. The second kappa shape index (κ2) is 6.47. The van der Waals surface area contributed by atoms with Gasteiger partial charge in [-0.05, 0) is 24.5 Å². The molecule has 0 aromatic heterocycles. The van der Waals surface area contributed by atoms with E-state index in [9.17, 15) is 0 Å². The van der Waals surface area contributed by atoms with E-state index in [1.807, 2.05) is 19.9 Å². The highest BCUT2D eigenvalue weighted by Crippen LogP contribution is 2.26. The molecule has 1 heteroatoms. The van der Waals surface area contributed by atoms with Crippen LogP contribution in [0.15, 0.2) is 18.2 Å². The summed E-state index contributed by atoms with van der Waals surface area (Å²) in [7, 11) is 1.72. The highest BCUT2D eigenvalue weighted by molar-refractivity contribution is 5.38. The zero-order chi connectivity index (χ0) is 11.1. The molecular formula is C13H22O. The molecule has 0 saturated carbocycles. The van der Waals surface area contributed by atoms with Crippen LogP contribution in [0.3, 0.4) is 0 Å². The maximum atomic E-state index is 5.26. The number of hydrogen-bond acceptors (Lipinski definition) is 1. The normalized spacial score (nSPS) is 9.36. The number of methoxy groups -OCH3 is 1. The Morgan fingerprint density at radius 3 is 2.14 bits per heavy atom. The van der Waals surface area contributed by atoms with Gasteiger partial charge in [0, 0.05) is 0 Å².